The summed E-state index contributed by atoms with van der Waals surface area (Å²) < 4.78 is 6.32. The average molecular weight is 903 g/mol. The van der Waals surface area contributed by atoms with Crippen LogP contribution in [0.5, 0.6) is 0 Å². The molecule has 0 unspecified atom stereocenters. The van der Waals surface area contributed by atoms with Crippen LogP contribution in [0.25, 0.3) is 75.9 Å². The fraction of sp³-hybridized carbons (Fsp3) is 0.241. The Hall–Kier alpha value is -5.75. The smallest absolute Gasteiger partial charge is 0.0492 e. The van der Waals surface area contributed by atoms with Crippen LogP contribution >= 0.6 is 22.6 Å². The van der Waals surface area contributed by atoms with Crippen LogP contribution in [0, 0.1) is 27.3 Å². The number of fused-ring (bicyclic) bond motifs is 6. The quantitative estimate of drug-likeness (QED) is 0.0500. The van der Waals surface area contributed by atoms with Gasteiger partial charge in [-0.3, -0.25) is 0 Å². The molecule has 2 aromatic heterocycles. The number of hydrogen-bond donors (Lipinski definition) is 0. The first-order valence-corrected chi connectivity index (χ1v) is 23.6. The van der Waals surface area contributed by atoms with E-state index in [0.717, 1.165) is 35.3 Å². The van der Waals surface area contributed by atoms with Gasteiger partial charge in [-0.25, -0.2) is 0 Å². The molecular weight excluding hydrogens is 852 g/mol. The molecule has 0 fully saturated rings. The second-order valence-electron chi connectivity index (χ2n) is 17.0. The van der Waals surface area contributed by atoms with E-state index in [1.165, 1.54) is 144 Å². The van der Waals surface area contributed by atoms with Gasteiger partial charge in [0.15, 0.2) is 0 Å². The van der Waals surface area contributed by atoms with E-state index in [4.69, 9.17) is 0 Å². The molecule has 0 aliphatic carbocycles. The number of halogens is 1. The molecule has 2 heterocycles. The molecule has 8 aromatic carbocycles. The molecule has 300 valence electrons. The topological polar surface area (TPSA) is 9.86 Å². The van der Waals surface area contributed by atoms with Gasteiger partial charge >= 0.3 is 0 Å². The zero-order valence-corrected chi connectivity index (χ0v) is 37.5. The molecule has 3 heteroatoms. The van der Waals surface area contributed by atoms with E-state index >= 15 is 0 Å². The van der Waals surface area contributed by atoms with Crippen molar-refractivity contribution < 1.29 is 0 Å². The molecular formula is C58H51IN2. The Labute approximate surface area is 373 Å². The summed E-state index contributed by atoms with van der Waals surface area (Å²) in [6.45, 7) is 6.63. The molecule has 0 N–H and O–H groups in total. The van der Waals surface area contributed by atoms with Gasteiger partial charge in [-0.2, -0.15) is 0 Å². The van der Waals surface area contributed by atoms with Gasteiger partial charge in [0.05, 0.1) is 0 Å². The van der Waals surface area contributed by atoms with Crippen LogP contribution in [-0.2, 0) is 13.1 Å². The molecule has 0 saturated heterocycles. The van der Waals surface area contributed by atoms with Crippen molar-refractivity contribution in [1.29, 1.82) is 0 Å². The number of unbranched alkanes of at least 4 members (excludes halogenated alkanes) is 8. The minimum atomic E-state index is 1.01. The standard InChI is InChI=1S/C58H51IN2/c1-3-5-7-9-11-34-60-53-30-19-40(16-17-41-20-31-55-51(37-41)52-39-47(59)28-33-56(52)61(55)35-12-10-8-6-4-2)36-49(53)50-38-42(21-32-54(50)60)18-22-43-23-24-46-26-25-44-14-13-15-45-27-29-48(43)58(46)57(44)45/h13-15,19-21,23-33,36-39H,3-12,34-35H2,1-2H3. The number of benzene rings is 8. The number of nitrogens with zero attached hydrogens (tertiary/aromatic N) is 2. The van der Waals surface area contributed by atoms with Gasteiger partial charge < -0.3 is 9.13 Å². The summed E-state index contributed by atoms with van der Waals surface area (Å²) >= 11 is 2.44. The van der Waals surface area contributed by atoms with Crippen molar-refractivity contribution in [3.05, 3.63) is 153 Å². The second kappa shape index (κ2) is 17.3. The van der Waals surface area contributed by atoms with E-state index in [9.17, 15) is 0 Å². The Kier molecular flexibility index (Phi) is 11.2. The van der Waals surface area contributed by atoms with Crippen LogP contribution in [0.15, 0.2) is 127 Å². The normalized spacial score (nSPS) is 11.7. The van der Waals surface area contributed by atoms with Gasteiger partial charge in [-0.15, -0.1) is 0 Å². The maximum absolute atomic E-state index is 3.60. The first-order chi connectivity index (χ1) is 30.1. The predicted octanol–water partition coefficient (Wildman–Crippen LogP) is 16.1. The van der Waals surface area contributed by atoms with Gasteiger partial charge in [0.2, 0.25) is 0 Å². The SMILES string of the molecule is CCCCCCCn1c2ccc(I)cc2c2cc(C#Cc3ccc4c(c3)c3cc(C#Cc5ccc6ccc7cccc8ccc5c6c78)ccc3n4CCCCCCC)ccc21. The van der Waals surface area contributed by atoms with E-state index in [1.807, 2.05) is 0 Å². The van der Waals surface area contributed by atoms with Crippen LogP contribution in [0.2, 0.25) is 0 Å². The van der Waals surface area contributed by atoms with Crippen molar-refractivity contribution in [1.82, 2.24) is 9.13 Å². The molecule has 0 aliphatic rings. The summed E-state index contributed by atoms with van der Waals surface area (Å²) in [4.78, 5) is 0. The van der Waals surface area contributed by atoms with Gasteiger partial charge in [-0.1, -0.05) is 137 Å². The summed E-state index contributed by atoms with van der Waals surface area (Å²) in [5.41, 5.74) is 9.34. The van der Waals surface area contributed by atoms with E-state index in [-0.39, 0.29) is 0 Å². The van der Waals surface area contributed by atoms with Crippen molar-refractivity contribution in [2.24, 2.45) is 0 Å². The van der Waals surface area contributed by atoms with E-state index in [0.29, 0.717) is 0 Å². The number of aryl methyl sites for hydroxylation is 2. The molecule has 0 spiro atoms. The summed E-state index contributed by atoms with van der Waals surface area (Å²) in [6.07, 6.45) is 12.7. The summed E-state index contributed by atoms with van der Waals surface area (Å²) in [7, 11) is 0. The van der Waals surface area contributed by atoms with Crippen LogP contribution in [0.3, 0.4) is 0 Å². The second-order valence-corrected chi connectivity index (χ2v) is 18.2. The summed E-state index contributed by atoms with van der Waals surface area (Å²) in [5.74, 6) is 14.3. The third-order valence-electron chi connectivity index (χ3n) is 12.9. The highest BCUT2D eigenvalue weighted by molar-refractivity contribution is 14.1. The van der Waals surface area contributed by atoms with E-state index in [2.05, 4.69) is 197 Å². The zero-order valence-electron chi connectivity index (χ0n) is 35.4. The van der Waals surface area contributed by atoms with Gasteiger partial charge in [0.1, 0.15) is 0 Å². The lowest BCUT2D eigenvalue weighted by molar-refractivity contribution is 0.584. The molecule has 0 radical (unpaired) electrons. The lowest BCUT2D eigenvalue weighted by Gasteiger charge is -2.11. The Morgan fingerprint density at radius 1 is 0.393 bits per heavy atom. The van der Waals surface area contributed by atoms with Gasteiger partial charge in [-0.05, 0) is 147 Å². The molecule has 0 atom stereocenters. The first kappa shape index (κ1) is 39.4. The lowest BCUT2D eigenvalue weighted by Crippen LogP contribution is -1.98. The van der Waals surface area contributed by atoms with Crippen molar-refractivity contribution in [2.45, 2.75) is 91.1 Å². The van der Waals surface area contributed by atoms with Crippen molar-refractivity contribution in [3.8, 4) is 23.7 Å². The van der Waals surface area contributed by atoms with Crippen molar-refractivity contribution in [3.63, 3.8) is 0 Å². The summed E-state index contributed by atoms with van der Waals surface area (Å²) in [6, 6.07) is 47.3. The number of hydrogen-bond acceptors (Lipinski definition) is 0. The minimum absolute atomic E-state index is 1.01. The Morgan fingerprint density at radius 3 is 1.38 bits per heavy atom. The monoisotopic (exact) mass is 902 g/mol. The third kappa shape index (κ3) is 7.64. The number of rotatable bonds is 12. The van der Waals surface area contributed by atoms with Crippen molar-refractivity contribution in [2.75, 3.05) is 0 Å². The highest BCUT2D eigenvalue weighted by Crippen LogP contribution is 2.37. The Balaban J connectivity index is 1.01. The number of aromatic nitrogens is 2. The lowest BCUT2D eigenvalue weighted by atomic mass is 9.92. The van der Waals surface area contributed by atoms with Gasteiger partial charge in [0.25, 0.3) is 0 Å². The fourth-order valence-electron chi connectivity index (χ4n) is 9.77. The van der Waals surface area contributed by atoms with Gasteiger partial charge in [0, 0.05) is 82.5 Å². The van der Waals surface area contributed by atoms with E-state index in [1.54, 1.807) is 0 Å². The molecule has 0 bridgehead atoms. The average Bonchev–Trinajstić information content (AvgIpc) is 3.76. The molecule has 2 nitrogen and oxygen atoms in total. The molecule has 61 heavy (non-hydrogen) atoms. The van der Waals surface area contributed by atoms with Crippen LogP contribution in [-0.4, -0.2) is 9.13 Å². The van der Waals surface area contributed by atoms with Crippen LogP contribution < -0.4 is 0 Å². The first-order valence-electron chi connectivity index (χ1n) is 22.6. The Bertz CT molecular complexity index is 3360. The Morgan fingerprint density at radius 2 is 0.836 bits per heavy atom. The zero-order chi connectivity index (χ0) is 41.3. The molecule has 10 rings (SSSR count). The molecule has 0 saturated carbocycles. The molecule has 0 aliphatic heterocycles. The maximum atomic E-state index is 3.60. The minimum Gasteiger partial charge on any atom is -0.340 e. The molecule has 10 aromatic rings. The maximum Gasteiger partial charge on any atom is 0.0492 e. The summed E-state index contributed by atoms with van der Waals surface area (Å²) in [5, 5.41) is 12.8. The largest absolute Gasteiger partial charge is 0.340 e. The predicted molar refractivity (Wildman–Crippen MR) is 271 cm³/mol. The fourth-order valence-corrected chi connectivity index (χ4v) is 10.3. The van der Waals surface area contributed by atoms with Crippen LogP contribution in [0.4, 0.5) is 0 Å². The van der Waals surface area contributed by atoms with Crippen molar-refractivity contribution >= 4 is 98.5 Å². The van der Waals surface area contributed by atoms with E-state index < -0.39 is 0 Å². The highest BCUT2D eigenvalue weighted by atomic mass is 127. The third-order valence-corrected chi connectivity index (χ3v) is 13.6. The van der Waals surface area contributed by atoms with Crippen LogP contribution in [0.1, 0.15) is 100 Å². The highest BCUT2D eigenvalue weighted by Gasteiger charge is 2.14. The molecule has 0 amide bonds.